The lowest BCUT2D eigenvalue weighted by molar-refractivity contribution is -0.384. The Morgan fingerprint density at radius 3 is 1.89 bits per heavy atom. The summed E-state index contributed by atoms with van der Waals surface area (Å²) >= 11 is 3.29. The van der Waals surface area contributed by atoms with E-state index in [-0.39, 0.29) is 10.6 Å². The standard InChI is InChI=1S/C18H13BrN2O5S/c19-13-1-3-14(4-2-13)20-27(24,25)18-11-9-17(10-12-18)26-16-7-5-15(6-8-16)21(22)23/h1-12,20H. The van der Waals surface area contributed by atoms with Gasteiger partial charge in [0.2, 0.25) is 0 Å². The van der Waals surface area contributed by atoms with Crippen molar-refractivity contribution in [2.24, 2.45) is 0 Å². The van der Waals surface area contributed by atoms with Crippen LogP contribution in [-0.4, -0.2) is 13.3 Å². The van der Waals surface area contributed by atoms with Crippen LogP contribution < -0.4 is 9.46 Å². The zero-order valence-electron chi connectivity index (χ0n) is 13.7. The Morgan fingerprint density at radius 1 is 0.852 bits per heavy atom. The van der Waals surface area contributed by atoms with Gasteiger partial charge in [-0.25, -0.2) is 8.42 Å². The fraction of sp³-hybridized carbons (Fsp3) is 0. The number of hydrogen-bond donors (Lipinski definition) is 1. The third kappa shape index (κ3) is 4.83. The Labute approximate surface area is 163 Å². The van der Waals surface area contributed by atoms with Crippen molar-refractivity contribution < 1.29 is 18.1 Å². The van der Waals surface area contributed by atoms with Crippen molar-refractivity contribution >= 4 is 37.3 Å². The van der Waals surface area contributed by atoms with E-state index in [1.165, 1.54) is 48.5 Å². The van der Waals surface area contributed by atoms with E-state index in [0.29, 0.717) is 17.2 Å². The molecule has 0 aliphatic rings. The number of nitrogens with one attached hydrogen (secondary N) is 1. The summed E-state index contributed by atoms with van der Waals surface area (Å²) in [5.41, 5.74) is 0.409. The van der Waals surface area contributed by atoms with Gasteiger partial charge in [-0.15, -0.1) is 0 Å². The number of nitro groups is 1. The van der Waals surface area contributed by atoms with E-state index in [0.717, 1.165) is 4.47 Å². The van der Waals surface area contributed by atoms with Gasteiger partial charge in [-0.3, -0.25) is 14.8 Å². The summed E-state index contributed by atoms with van der Waals surface area (Å²) in [4.78, 5) is 10.2. The SMILES string of the molecule is O=[N+]([O-])c1ccc(Oc2ccc(S(=O)(=O)Nc3ccc(Br)cc3)cc2)cc1. The van der Waals surface area contributed by atoms with E-state index in [2.05, 4.69) is 20.7 Å². The highest BCUT2D eigenvalue weighted by Crippen LogP contribution is 2.26. The van der Waals surface area contributed by atoms with Gasteiger partial charge < -0.3 is 4.74 Å². The van der Waals surface area contributed by atoms with Gasteiger partial charge in [-0.2, -0.15) is 0 Å². The van der Waals surface area contributed by atoms with Gasteiger partial charge in [0.1, 0.15) is 11.5 Å². The number of rotatable bonds is 6. The molecule has 7 nitrogen and oxygen atoms in total. The van der Waals surface area contributed by atoms with E-state index >= 15 is 0 Å². The molecule has 1 N–H and O–H groups in total. The van der Waals surface area contributed by atoms with Gasteiger partial charge >= 0.3 is 0 Å². The molecule has 3 aromatic rings. The van der Waals surface area contributed by atoms with E-state index in [4.69, 9.17) is 4.74 Å². The Balaban J connectivity index is 1.72. The number of nitro benzene ring substituents is 1. The molecule has 0 radical (unpaired) electrons. The monoisotopic (exact) mass is 448 g/mol. The fourth-order valence-corrected chi connectivity index (χ4v) is 3.51. The Kier molecular flexibility index (Phi) is 5.43. The molecule has 3 rings (SSSR count). The predicted molar refractivity (Wildman–Crippen MR) is 105 cm³/mol. The second kappa shape index (κ2) is 7.77. The van der Waals surface area contributed by atoms with Gasteiger partial charge in [0.25, 0.3) is 15.7 Å². The average molecular weight is 449 g/mol. The van der Waals surface area contributed by atoms with Crippen molar-refractivity contribution in [3.8, 4) is 11.5 Å². The molecule has 9 heteroatoms. The molecule has 0 unspecified atom stereocenters. The van der Waals surface area contributed by atoms with Gasteiger partial charge in [0.15, 0.2) is 0 Å². The van der Waals surface area contributed by atoms with Gasteiger partial charge in [-0.05, 0) is 60.7 Å². The normalized spacial score (nSPS) is 11.0. The number of sulfonamides is 1. The second-order valence-corrected chi connectivity index (χ2v) is 8.03. The lowest BCUT2D eigenvalue weighted by Gasteiger charge is -2.09. The van der Waals surface area contributed by atoms with Crippen LogP contribution in [-0.2, 0) is 10.0 Å². The van der Waals surface area contributed by atoms with Crippen LogP contribution in [0.3, 0.4) is 0 Å². The van der Waals surface area contributed by atoms with Crippen molar-refractivity contribution in [2.45, 2.75) is 4.90 Å². The molecule has 0 fully saturated rings. The smallest absolute Gasteiger partial charge is 0.269 e. The van der Waals surface area contributed by atoms with Crippen molar-refractivity contribution in [3.63, 3.8) is 0 Å². The summed E-state index contributed by atoms with van der Waals surface area (Å²) in [7, 11) is -3.73. The molecule has 0 saturated heterocycles. The van der Waals surface area contributed by atoms with E-state index in [9.17, 15) is 18.5 Å². The first-order valence-corrected chi connectivity index (χ1v) is 9.92. The van der Waals surface area contributed by atoms with Crippen LogP contribution in [0.2, 0.25) is 0 Å². The maximum Gasteiger partial charge on any atom is 0.269 e. The number of hydrogen-bond acceptors (Lipinski definition) is 5. The van der Waals surface area contributed by atoms with Crippen molar-refractivity contribution in [2.75, 3.05) is 4.72 Å². The molecule has 0 amide bonds. The molecule has 0 heterocycles. The molecule has 138 valence electrons. The minimum Gasteiger partial charge on any atom is -0.457 e. The third-order valence-electron chi connectivity index (χ3n) is 3.51. The molecule has 0 aliphatic heterocycles. The summed E-state index contributed by atoms with van der Waals surface area (Å²) in [6.07, 6.45) is 0. The fourth-order valence-electron chi connectivity index (χ4n) is 2.19. The van der Waals surface area contributed by atoms with E-state index in [1.54, 1.807) is 24.3 Å². The zero-order valence-corrected chi connectivity index (χ0v) is 16.1. The lowest BCUT2D eigenvalue weighted by atomic mass is 10.3. The third-order valence-corrected chi connectivity index (χ3v) is 5.44. The van der Waals surface area contributed by atoms with Crippen LogP contribution in [0.4, 0.5) is 11.4 Å². The Hall–Kier alpha value is -2.91. The van der Waals surface area contributed by atoms with Crippen molar-refractivity contribution in [3.05, 3.63) is 87.4 Å². The largest absolute Gasteiger partial charge is 0.457 e. The van der Waals surface area contributed by atoms with Gasteiger partial charge in [-0.1, -0.05) is 15.9 Å². The molecule has 27 heavy (non-hydrogen) atoms. The highest BCUT2D eigenvalue weighted by atomic mass is 79.9. The quantitative estimate of drug-likeness (QED) is 0.424. The molecular formula is C18H13BrN2O5S. The molecule has 0 aromatic heterocycles. The highest BCUT2D eigenvalue weighted by Gasteiger charge is 2.14. The number of benzene rings is 3. The number of non-ortho nitro benzene ring substituents is 1. The summed E-state index contributed by atoms with van der Waals surface area (Å²) in [6, 6.07) is 18.2. The topological polar surface area (TPSA) is 98.5 Å². The minimum absolute atomic E-state index is 0.0391. The molecule has 3 aromatic carbocycles. The number of halogens is 1. The molecule has 0 bridgehead atoms. The van der Waals surface area contributed by atoms with Crippen molar-refractivity contribution in [1.82, 2.24) is 0 Å². The molecule has 0 saturated carbocycles. The maximum absolute atomic E-state index is 12.4. The number of nitrogens with zero attached hydrogens (tertiary/aromatic N) is 1. The lowest BCUT2D eigenvalue weighted by Crippen LogP contribution is -2.12. The molecule has 0 aliphatic carbocycles. The zero-order chi connectivity index (χ0) is 19.4. The highest BCUT2D eigenvalue weighted by molar-refractivity contribution is 9.10. The summed E-state index contributed by atoms with van der Waals surface area (Å²) in [6.45, 7) is 0. The second-order valence-electron chi connectivity index (χ2n) is 5.44. The van der Waals surface area contributed by atoms with Crippen LogP contribution in [0.25, 0.3) is 0 Å². The Bertz CT molecular complexity index is 1050. The first-order valence-electron chi connectivity index (χ1n) is 7.64. The van der Waals surface area contributed by atoms with Crippen LogP contribution in [0.15, 0.2) is 82.2 Å². The first-order chi connectivity index (χ1) is 12.8. The maximum atomic E-state index is 12.4. The van der Waals surface area contributed by atoms with Gasteiger partial charge in [0, 0.05) is 22.3 Å². The van der Waals surface area contributed by atoms with Crippen LogP contribution in [0, 0.1) is 10.1 Å². The molecule has 0 spiro atoms. The van der Waals surface area contributed by atoms with Crippen LogP contribution >= 0.6 is 15.9 Å². The summed E-state index contributed by atoms with van der Waals surface area (Å²) in [5.74, 6) is 0.815. The van der Waals surface area contributed by atoms with E-state index in [1.807, 2.05) is 0 Å². The molecule has 0 atom stereocenters. The first kappa shape index (κ1) is 18.9. The molecular weight excluding hydrogens is 436 g/mol. The van der Waals surface area contributed by atoms with Crippen LogP contribution in [0.1, 0.15) is 0 Å². The predicted octanol–water partition coefficient (Wildman–Crippen LogP) is 4.95. The number of ether oxygens (including phenoxy) is 1. The average Bonchev–Trinajstić information content (AvgIpc) is 2.64. The minimum atomic E-state index is -3.73. The summed E-state index contributed by atoms with van der Waals surface area (Å²) in [5, 5.41) is 10.6. The van der Waals surface area contributed by atoms with Crippen molar-refractivity contribution in [1.29, 1.82) is 0 Å². The summed E-state index contributed by atoms with van der Waals surface area (Å²) < 4.78 is 33.8. The number of anilines is 1. The Morgan fingerprint density at radius 2 is 1.37 bits per heavy atom. The van der Waals surface area contributed by atoms with E-state index < -0.39 is 14.9 Å². The van der Waals surface area contributed by atoms with Gasteiger partial charge in [0.05, 0.1) is 9.82 Å². The van der Waals surface area contributed by atoms with Crippen LogP contribution in [0.5, 0.6) is 11.5 Å².